The Morgan fingerprint density at radius 3 is 2.41 bits per heavy atom. The minimum absolute atomic E-state index is 0. The molecule has 1 saturated heterocycles. The second-order valence-electron chi connectivity index (χ2n) is 7.44. The van der Waals surface area contributed by atoms with Crippen LogP contribution in [-0.2, 0) is 24.4 Å². The highest BCUT2D eigenvalue weighted by atomic mass is 127. The van der Waals surface area contributed by atoms with Crippen molar-refractivity contribution in [1.29, 1.82) is 0 Å². The van der Waals surface area contributed by atoms with Crippen LogP contribution >= 0.6 is 24.0 Å². The fraction of sp³-hybridized carbons (Fsp3) is 0.435. The van der Waals surface area contributed by atoms with Crippen molar-refractivity contribution in [1.82, 2.24) is 15.1 Å². The highest BCUT2D eigenvalue weighted by Crippen LogP contribution is 2.16. The molecule has 6 nitrogen and oxygen atoms in total. The third-order valence-electron chi connectivity index (χ3n) is 5.19. The summed E-state index contributed by atoms with van der Waals surface area (Å²) in [6, 6.07) is 15.1. The highest BCUT2D eigenvalue weighted by Gasteiger charge is 2.14. The Morgan fingerprint density at radius 1 is 1.12 bits per heavy atom. The first kappa shape index (κ1) is 26.3. The quantitative estimate of drug-likeness (QED) is 0.301. The summed E-state index contributed by atoms with van der Waals surface area (Å²) in [6.45, 7) is 2.81. The molecule has 0 bridgehead atoms. The minimum atomic E-state index is -2.82. The van der Waals surface area contributed by atoms with Crippen molar-refractivity contribution in [3.05, 3.63) is 65.2 Å². The van der Waals surface area contributed by atoms with Crippen molar-refractivity contribution in [2.24, 2.45) is 4.99 Å². The molecule has 0 spiro atoms. The van der Waals surface area contributed by atoms with Crippen molar-refractivity contribution in [3.63, 3.8) is 0 Å². The second kappa shape index (κ2) is 13.5. The van der Waals surface area contributed by atoms with Gasteiger partial charge in [-0.1, -0.05) is 36.4 Å². The molecular weight excluding hydrogens is 529 g/mol. The van der Waals surface area contributed by atoms with Gasteiger partial charge in [0.25, 0.3) is 0 Å². The lowest BCUT2D eigenvalue weighted by molar-refractivity contribution is -0.0498. The summed E-state index contributed by atoms with van der Waals surface area (Å²) in [5.74, 6) is 0.912. The zero-order valence-corrected chi connectivity index (χ0v) is 20.8. The van der Waals surface area contributed by atoms with Gasteiger partial charge in [0.15, 0.2) is 5.96 Å². The Labute approximate surface area is 205 Å². The van der Waals surface area contributed by atoms with E-state index in [0.29, 0.717) is 13.1 Å². The molecule has 0 radical (unpaired) electrons. The van der Waals surface area contributed by atoms with Gasteiger partial charge in [0.05, 0.1) is 13.2 Å². The Bertz CT molecular complexity index is 846. The fourth-order valence-electron chi connectivity index (χ4n) is 3.57. The molecular formula is C23H31F2IN4O2. The number of ether oxygens (including phenoxy) is 2. The van der Waals surface area contributed by atoms with Gasteiger partial charge >= 0.3 is 6.61 Å². The molecule has 1 N–H and O–H groups in total. The topological polar surface area (TPSA) is 49.3 Å². The van der Waals surface area contributed by atoms with E-state index in [2.05, 4.69) is 44.2 Å². The Morgan fingerprint density at radius 2 is 1.78 bits per heavy atom. The average Bonchev–Trinajstić information content (AvgIpc) is 2.77. The summed E-state index contributed by atoms with van der Waals surface area (Å²) in [5, 5.41) is 3.43. The summed E-state index contributed by atoms with van der Waals surface area (Å²) in [4.78, 5) is 8.78. The fourth-order valence-corrected chi connectivity index (χ4v) is 3.57. The predicted molar refractivity (Wildman–Crippen MR) is 133 cm³/mol. The van der Waals surface area contributed by atoms with Crippen LogP contribution in [0.5, 0.6) is 5.75 Å². The monoisotopic (exact) mass is 560 g/mol. The standard InChI is InChI=1S/C23H30F2N4O2.HI/c1-26-23(28(2)16-18-7-9-21(10-8-18)31-22(24)25)27-15-19-5-3-4-6-20(19)17-29-11-13-30-14-12-29;/h3-10,22H,11-17H2,1-2H3,(H,26,27);1H. The van der Waals surface area contributed by atoms with E-state index in [-0.39, 0.29) is 29.7 Å². The van der Waals surface area contributed by atoms with E-state index in [0.717, 1.165) is 44.4 Å². The lowest BCUT2D eigenvalue weighted by Gasteiger charge is -2.28. The maximum Gasteiger partial charge on any atom is 0.387 e. The van der Waals surface area contributed by atoms with E-state index in [4.69, 9.17) is 4.74 Å². The van der Waals surface area contributed by atoms with Gasteiger partial charge in [0.2, 0.25) is 0 Å². The molecule has 3 rings (SSSR count). The van der Waals surface area contributed by atoms with Gasteiger partial charge in [-0.05, 0) is 28.8 Å². The third-order valence-corrected chi connectivity index (χ3v) is 5.19. The number of hydrogen-bond donors (Lipinski definition) is 1. The normalized spacial score (nSPS) is 14.7. The molecule has 0 aliphatic carbocycles. The minimum Gasteiger partial charge on any atom is -0.435 e. The molecule has 0 amide bonds. The number of alkyl halides is 2. The van der Waals surface area contributed by atoms with Crippen LogP contribution in [-0.4, -0.2) is 62.8 Å². The molecule has 0 unspecified atom stereocenters. The van der Waals surface area contributed by atoms with Crippen molar-refractivity contribution in [2.45, 2.75) is 26.2 Å². The Kier molecular flexibility index (Phi) is 11.1. The van der Waals surface area contributed by atoms with Crippen LogP contribution in [0.3, 0.4) is 0 Å². The van der Waals surface area contributed by atoms with Gasteiger partial charge < -0.3 is 19.7 Å². The molecule has 176 valence electrons. The largest absolute Gasteiger partial charge is 0.435 e. The molecule has 1 heterocycles. The van der Waals surface area contributed by atoms with Gasteiger partial charge in [-0.15, -0.1) is 24.0 Å². The molecule has 1 fully saturated rings. The molecule has 32 heavy (non-hydrogen) atoms. The predicted octanol–water partition coefficient (Wildman–Crippen LogP) is 3.95. The molecule has 2 aromatic carbocycles. The van der Waals surface area contributed by atoms with Gasteiger partial charge in [0.1, 0.15) is 5.75 Å². The number of aliphatic imine (C=N–C) groups is 1. The van der Waals surface area contributed by atoms with Crippen LogP contribution < -0.4 is 10.1 Å². The molecule has 0 saturated carbocycles. The molecule has 1 aliphatic heterocycles. The van der Waals surface area contributed by atoms with Crippen LogP contribution in [0, 0.1) is 0 Å². The Balaban J connectivity index is 0.00000363. The van der Waals surface area contributed by atoms with Gasteiger partial charge in [-0.2, -0.15) is 8.78 Å². The van der Waals surface area contributed by atoms with Crippen LogP contribution in [0.4, 0.5) is 8.78 Å². The van der Waals surface area contributed by atoms with E-state index in [1.54, 1.807) is 31.3 Å². The summed E-state index contributed by atoms with van der Waals surface area (Å²) in [5.41, 5.74) is 3.50. The Hall–Kier alpha value is -1.98. The van der Waals surface area contributed by atoms with Crippen molar-refractivity contribution < 1.29 is 18.3 Å². The maximum absolute atomic E-state index is 12.3. The lowest BCUT2D eigenvalue weighted by atomic mass is 10.1. The van der Waals surface area contributed by atoms with Crippen LogP contribution in [0.1, 0.15) is 16.7 Å². The first-order valence-corrected chi connectivity index (χ1v) is 10.4. The zero-order chi connectivity index (χ0) is 22.1. The van der Waals surface area contributed by atoms with Gasteiger partial charge in [0, 0.05) is 46.8 Å². The first-order valence-electron chi connectivity index (χ1n) is 10.4. The van der Waals surface area contributed by atoms with E-state index < -0.39 is 6.61 Å². The molecule has 0 atom stereocenters. The van der Waals surface area contributed by atoms with Crippen molar-refractivity contribution in [3.8, 4) is 5.75 Å². The first-order chi connectivity index (χ1) is 15.0. The summed E-state index contributed by atoms with van der Waals surface area (Å²) in [7, 11) is 3.69. The number of nitrogens with zero attached hydrogens (tertiary/aromatic N) is 3. The van der Waals surface area contributed by atoms with E-state index in [9.17, 15) is 8.78 Å². The van der Waals surface area contributed by atoms with Crippen LogP contribution in [0.2, 0.25) is 0 Å². The number of nitrogens with one attached hydrogen (secondary N) is 1. The zero-order valence-electron chi connectivity index (χ0n) is 18.5. The summed E-state index contributed by atoms with van der Waals surface area (Å²) < 4.78 is 34.5. The van der Waals surface area contributed by atoms with Crippen LogP contribution in [0.25, 0.3) is 0 Å². The molecule has 1 aliphatic rings. The van der Waals surface area contributed by atoms with E-state index in [1.807, 2.05) is 11.9 Å². The number of guanidine groups is 1. The SMILES string of the molecule is CN=C(NCc1ccccc1CN1CCOCC1)N(C)Cc1ccc(OC(F)F)cc1.I. The maximum atomic E-state index is 12.3. The van der Waals surface area contributed by atoms with Gasteiger partial charge in [-0.3, -0.25) is 9.89 Å². The number of halogens is 3. The number of benzene rings is 2. The van der Waals surface area contributed by atoms with Crippen LogP contribution in [0.15, 0.2) is 53.5 Å². The summed E-state index contributed by atoms with van der Waals surface area (Å²) in [6.07, 6.45) is 0. The number of hydrogen-bond acceptors (Lipinski definition) is 4. The average molecular weight is 560 g/mol. The van der Waals surface area contributed by atoms with E-state index >= 15 is 0 Å². The third kappa shape index (κ3) is 8.18. The number of morpholine rings is 1. The molecule has 9 heteroatoms. The molecule has 0 aromatic heterocycles. The van der Waals surface area contributed by atoms with Gasteiger partial charge in [-0.25, -0.2) is 0 Å². The summed E-state index contributed by atoms with van der Waals surface area (Å²) >= 11 is 0. The lowest BCUT2D eigenvalue weighted by Crippen LogP contribution is -2.38. The smallest absolute Gasteiger partial charge is 0.387 e. The van der Waals surface area contributed by atoms with Crippen molar-refractivity contribution >= 4 is 29.9 Å². The second-order valence-corrected chi connectivity index (χ2v) is 7.44. The number of rotatable bonds is 8. The van der Waals surface area contributed by atoms with Crippen molar-refractivity contribution in [2.75, 3.05) is 40.4 Å². The van der Waals surface area contributed by atoms with E-state index in [1.165, 1.54) is 11.1 Å². The highest BCUT2D eigenvalue weighted by molar-refractivity contribution is 14.0. The molecule has 2 aromatic rings.